The standard InChI is InChI=1S/C32H55BO4/c1-29-22-24-30(25-23-29)28-33(26-18-14-10-6-4-8-12-16-20-31(34)36-2)27-19-15-11-7-5-9-13-17-21-32(35)37-3/h22-25H,4-21,26-28H2,1-3H3. The third kappa shape index (κ3) is 19.9. The summed E-state index contributed by atoms with van der Waals surface area (Å²) in [4.78, 5) is 22.3. The van der Waals surface area contributed by atoms with E-state index in [2.05, 4.69) is 31.2 Å². The summed E-state index contributed by atoms with van der Waals surface area (Å²) in [6.07, 6.45) is 25.1. The number of esters is 2. The van der Waals surface area contributed by atoms with Crippen molar-refractivity contribution in [2.24, 2.45) is 0 Å². The van der Waals surface area contributed by atoms with Gasteiger partial charge in [0.05, 0.1) is 14.2 Å². The van der Waals surface area contributed by atoms with Gasteiger partial charge in [0.25, 0.3) is 0 Å². The molecule has 0 bridgehead atoms. The van der Waals surface area contributed by atoms with Crippen LogP contribution in [-0.4, -0.2) is 32.9 Å². The Morgan fingerprint density at radius 2 is 0.919 bits per heavy atom. The molecule has 1 aromatic rings. The number of carbonyl (C=O) groups excluding carboxylic acids is 2. The van der Waals surface area contributed by atoms with Crippen LogP contribution in [0, 0.1) is 6.92 Å². The molecule has 0 spiro atoms. The van der Waals surface area contributed by atoms with E-state index in [9.17, 15) is 9.59 Å². The number of methoxy groups -OCH3 is 2. The van der Waals surface area contributed by atoms with Gasteiger partial charge in [-0.15, -0.1) is 0 Å². The van der Waals surface area contributed by atoms with Crippen molar-refractivity contribution in [1.29, 1.82) is 0 Å². The van der Waals surface area contributed by atoms with Crippen LogP contribution in [0.5, 0.6) is 0 Å². The van der Waals surface area contributed by atoms with Crippen molar-refractivity contribution >= 4 is 18.7 Å². The van der Waals surface area contributed by atoms with E-state index in [4.69, 9.17) is 9.47 Å². The Morgan fingerprint density at radius 3 is 1.30 bits per heavy atom. The van der Waals surface area contributed by atoms with Gasteiger partial charge < -0.3 is 9.47 Å². The van der Waals surface area contributed by atoms with E-state index in [1.54, 1.807) is 0 Å². The van der Waals surface area contributed by atoms with Crippen LogP contribution in [-0.2, 0) is 25.4 Å². The van der Waals surface area contributed by atoms with E-state index in [1.165, 1.54) is 121 Å². The minimum absolute atomic E-state index is 0.0794. The molecule has 0 radical (unpaired) electrons. The van der Waals surface area contributed by atoms with Gasteiger partial charge in [-0.3, -0.25) is 9.59 Å². The largest absolute Gasteiger partial charge is 0.469 e. The molecule has 0 fully saturated rings. The molecular formula is C32H55BO4. The second kappa shape index (κ2) is 23.3. The Kier molecular flexibility index (Phi) is 21.0. The van der Waals surface area contributed by atoms with Gasteiger partial charge in [-0.2, -0.15) is 0 Å². The number of benzene rings is 1. The number of ether oxygens (including phenoxy) is 2. The monoisotopic (exact) mass is 514 g/mol. The molecule has 0 amide bonds. The second-order valence-corrected chi connectivity index (χ2v) is 10.9. The van der Waals surface area contributed by atoms with E-state index in [1.807, 2.05) is 0 Å². The number of hydrogen-bond donors (Lipinski definition) is 0. The number of rotatable bonds is 24. The SMILES string of the molecule is COC(=O)CCCCCCCCCCB(CCCCCCCCCCC(=O)OC)Cc1ccc(C)cc1. The average molecular weight is 515 g/mol. The molecule has 0 N–H and O–H groups in total. The fourth-order valence-electron chi connectivity index (χ4n) is 5.14. The van der Waals surface area contributed by atoms with Gasteiger partial charge in [0.2, 0.25) is 0 Å². The summed E-state index contributed by atoms with van der Waals surface area (Å²) in [5, 5.41) is 0. The second-order valence-electron chi connectivity index (χ2n) is 10.9. The quantitative estimate of drug-likeness (QED) is 0.0785. The molecule has 0 saturated carbocycles. The van der Waals surface area contributed by atoms with E-state index in [0.717, 1.165) is 32.4 Å². The van der Waals surface area contributed by atoms with Crippen LogP contribution in [0.25, 0.3) is 0 Å². The number of aryl methyl sites for hydroxylation is 1. The Balaban J connectivity index is 2.16. The highest BCUT2D eigenvalue weighted by molar-refractivity contribution is 6.58. The molecule has 210 valence electrons. The van der Waals surface area contributed by atoms with Crippen molar-refractivity contribution in [2.75, 3.05) is 14.2 Å². The third-order valence-electron chi connectivity index (χ3n) is 7.59. The Morgan fingerprint density at radius 1 is 0.568 bits per heavy atom. The first-order valence-corrected chi connectivity index (χ1v) is 15.2. The molecule has 37 heavy (non-hydrogen) atoms. The topological polar surface area (TPSA) is 52.6 Å². The third-order valence-corrected chi connectivity index (χ3v) is 7.59. The summed E-state index contributed by atoms with van der Waals surface area (Å²) < 4.78 is 9.40. The van der Waals surface area contributed by atoms with E-state index < -0.39 is 0 Å². The Labute approximate surface area is 228 Å². The molecule has 0 aliphatic carbocycles. The predicted molar refractivity (Wildman–Crippen MR) is 157 cm³/mol. The zero-order chi connectivity index (χ0) is 27.0. The van der Waals surface area contributed by atoms with Gasteiger partial charge >= 0.3 is 11.9 Å². The van der Waals surface area contributed by atoms with Gasteiger partial charge in [0.15, 0.2) is 0 Å². The summed E-state index contributed by atoms with van der Waals surface area (Å²) >= 11 is 0. The lowest BCUT2D eigenvalue weighted by atomic mass is 9.40. The highest BCUT2D eigenvalue weighted by Crippen LogP contribution is 2.19. The van der Waals surface area contributed by atoms with Crippen molar-refractivity contribution in [3.05, 3.63) is 35.4 Å². The maximum Gasteiger partial charge on any atom is 0.305 e. The fraction of sp³-hybridized carbons (Fsp3) is 0.750. The summed E-state index contributed by atoms with van der Waals surface area (Å²) in [5.41, 5.74) is 2.84. The molecule has 0 aliphatic rings. The molecule has 5 heteroatoms. The van der Waals surface area contributed by atoms with Crippen molar-refractivity contribution in [3.8, 4) is 0 Å². The first kappa shape index (κ1) is 33.3. The first-order valence-electron chi connectivity index (χ1n) is 15.2. The molecule has 4 nitrogen and oxygen atoms in total. The maximum absolute atomic E-state index is 11.2. The van der Waals surface area contributed by atoms with Gasteiger partial charge in [0, 0.05) is 12.8 Å². The van der Waals surface area contributed by atoms with Crippen molar-refractivity contribution < 1.29 is 19.1 Å². The summed E-state index contributed by atoms with van der Waals surface area (Å²) in [6, 6.07) is 9.15. The molecule has 1 aromatic carbocycles. The molecule has 0 atom stereocenters. The highest BCUT2D eigenvalue weighted by Gasteiger charge is 2.14. The predicted octanol–water partition coefficient (Wildman–Crippen LogP) is 8.94. The number of hydrogen-bond acceptors (Lipinski definition) is 4. The van der Waals surface area contributed by atoms with Crippen LogP contribution >= 0.6 is 0 Å². The van der Waals surface area contributed by atoms with Crippen LogP contribution in [0.15, 0.2) is 24.3 Å². The minimum atomic E-state index is -0.0794. The van der Waals surface area contributed by atoms with Gasteiger partial charge in [-0.25, -0.2) is 0 Å². The molecule has 0 aromatic heterocycles. The van der Waals surface area contributed by atoms with Crippen LogP contribution < -0.4 is 0 Å². The minimum Gasteiger partial charge on any atom is -0.469 e. The molecule has 0 saturated heterocycles. The van der Waals surface area contributed by atoms with Gasteiger partial charge in [-0.05, 0) is 26.1 Å². The lowest BCUT2D eigenvalue weighted by molar-refractivity contribution is -0.141. The summed E-state index contributed by atoms with van der Waals surface area (Å²) in [5.74, 6) is -0.159. The lowest BCUT2D eigenvalue weighted by Gasteiger charge is -2.14. The van der Waals surface area contributed by atoms with Crippen LogP contribution in [0.4, 0.5) is 0 Å². The smallest absolute Gasteiger partial charge is 0.305 e. The molecular weight excluding hydrogens is 459 g/mol. The maximum atomic E-state index is 11.2. The molecule has 0 heterocycles. The fourth-order valence-corrected chi connectivity index (χ4v) is 5.14. The van der Waals surface area contributed by atoms with Crippen LogP contribution in [0.2, 0.25) is 12.6 Å². The zero-order valence-electron chi connectivity index (χ0n) is 24.4. The van der Waals surface area contributed by atoms with Crippen LogP contribution in [0.3, 0.4) is 0 Å². The number of carbonyl (C=O) groups is 2. The van der Waals surface area contributed by atoms with E-state index in [0.29, 0.717) is 12.8 Å². The van der Waals surface area contributed by atoms with Crippen molar-refractivity contribution in [3.63, 3.8) is 0 Å². The zero-order valence-corrected chi connectivity index (χ0v) is 24.4. The van der Waals surface area contributed by atoms with Crippen LogP contribution in [0.1, 0.15) is 127 Å². The summed E-state index contributed by atoms with van der Waals surface area (Å²) in [7, 11) is 2.93. The molecule has 0 aliphatic heterocycles. The Hall–Kier alpha value is -1.78. The average Bonchev–Trinajstić information content (AvgIpc) is 2.91. The van der Waals surface area contributed by atoms with E-state index in [-0.39, 0.29) is 11.9 Å². The van der Waals surface area contributed by atoms with Gasteiger partial charge in [-0.1, -0.05) is 138 Å². The molecule has 0 unspecified atom stereocenters. The van der Waals surface area contributed by atoms with Crippen molar-refractivity contribution in [1.82, 2.24) is 0 Å². The molecule has 1 rings (SSSR count). The number of unbranched alkanes of at least 4 members (excludes halogenated alkanes) is 14. The normalized spacial score (nSPS) is 10.9. The first-order chi connectivity index (χ1) is 18.0. The summed E-state index contributed by atoms with van der Waals surface area (Å²) in [6.45, 7) is 2.97. The lowest BCUT2D eigenvalue weighted by Crippen LogP contribution is -2.16. The van der Waals surface area contributed by atoms with Crippen molar-refractivity contribution in [2.45, 2.75) is 141 Å². The Bertz CT molecular complexity index is 653. The highest BCUT2D eigenvalue weighted by atomic mass is 16.5. The van der Waals surface area contributed by atoms with E-state index >= 15 is 0 Å². The van der Waals surface area contributed by atoms with Gasteiger partial charge in [0.1, 0.15) is 6.71 Å².